The molecule has 1 aliphatic rings. The van der Waals surface area contributed by atoms with Crippen molar-refractivity contribution in [3.05, 3.63) is 34.9 Å². The summed E-state index contributed by atoms with van der Waals surface area (Å²) in [6.07, 6.45) is 3.94. The van der Waals surface area contributed by atoms with E-state index in [1.54, 1.807) is 0 Å². The van der Waals surface area contributed by atoms with Crippen LogP contribution in [0.4, 0.5) is 0 Å². The van der Waals surface area contributed by atoms with Gasteiger partial charge in [-0.15, -0.1) is 11.6 Å². The Hall–Kier alpha value is -0.240. The van der Waals surface area contributed by atoms with Crippen molar-refractivity contribution in [1.29, 1.82) is 0 Å². The van der Waals surface area contributed by atoms with Gasteiger partial charge in [0.25, 0.3) is 0 Å². The first kappa shape index (κ1) is 12.2. The number of alkyl halides is 1. The van der Waals surface area contributed by atoms with Gasteiger partial charge in [-0.25, -0.2) is 0 Å². The second-order valence-electron chi connectivity index (χ2n) is 4.32. The number of hydrogen-bond acceptors (Lipinski definition) is 1. The molecular formula is C13H17Cl2N. The molecule has 0 bridgehead atoms. The first-order chi connectivity index (χ1) is 7.81. The molecule has 0 saturated carbocycles. The van der Waals surface area contributed by atoms with Crippen LogP contribution in [0.3, 0.4) is 0 Å². The zero-order valence-corrected chi connectivity index (χ0v) is 10.8. The predicted molar refractivity (Wildman–Crippen MR) is 70.3 cm³/mol. The minimum atomic E-state index is 0.347. The summed E-state index contributed by atoms with van der Waals surface area (Å²) in [7, 11) is 0. The maximum atomic E-state index is 6.10. The Bertz CT molecular complexity index is 317. The van der Waals surface area contributed by atoms with Crippen molar-refractivity contribution in [2.45, 2.75) is 25.3 Å². The van der Waals surface area contributed by atoms with Crippen LogP contribution < -0.4 is 0 Å². The number of halogens is 2. The molecule has 1 aliphatic heterocycles. The fourth-order valence-electron chi connectivity index (χ4n) is 2.31. The van der Waals surface area contributed by atoms with Gasteiger partial charge in [-0.05, 0) is 43.6 Å². The highest BCUT2D eigenvalue weighted by molar-refractivity contribution is 6.30. The second kappa shape index (κ2) is 5.90. The smallest absolute Gasteiger partial charge is 0.0483 e. The summed E-state index contributed by atoms with van der Waals surface area (Å²) in [5.41, 5.74) is 1.28. The van der Waals surface area contributed by atoms with E-state index in [0.717, 1.165) is 5.02 Å². The van der Waals surface area contributed by atoms with Crippen LogP contribution >= 0.6 is 23.2 Å². The lowest BCUT2D eigenvalue weighted by molar-refractivity contribution is 0.177. The Morgan fingerprint density at radius 1 is 1.06 bits per heavy atom. The minimum absolute atomic E-state index is 0.347. The van der Waals surface area contributed by atoms with Crippen LogP contribution in [0.1, 0.15) is 30.9 Å². The number of likely N-dealkylation sites (tertiary alicyclic amines) is 1. The molecule has 0 radical (unpaired) electrons. The molecule has 0 aromatic heterocycles. The molecule has 1 aromatic carbocycles. The molecule has 88 valence electrons. The van der Waals surface area contributed by atoms with Crippen LogP contribution in [-0.4, -0.2) is 23.9 Å². The molecule has 3 heteroatoms. The molecule has 1 atom stereocenters. The molecule has 0 aliphatic carbocycles. The van der Waals surface area contributed by atoms with Gasteiger partial charge in [-0.2, -0.15) is 0 Å². The van der Waals surface area contributed by atoms with Gasteiger partial charge in [0, 0.05) is 16.9 Å². The number of nitrogens with zero attached hydrogens (tertiary/aromatic N) is 1. The Balaban J connectivity index is 2.11. The van der Waals surface area contributed by atoms with Gasteiger partial charge in [0.1, 0.15) is 0 Å². The third-order valence-corrected chi connectivity index (χ3v) is 3.78. The normalized spacial score (nSPS) is 19.6. The maximum absolute atomic E-state index is 6.10. The van der Waals surface area contributed by atoms with Crippen molar-refractivity contribution in [2.75, 3.05) is 19.0 Å². The summed E-state index contributed by atoms with van der Waals surface area (Å²) in [6.45, 7) is 2.33. The van der Waals surface area contributed by atoms with Gasteiger partial charge in [0.05, 0.1) is 0 Å². The molecule has 1 fully saturated rings. The van der Waals surface area contributed by atoms with Gasteiger partial charge in [-0.3, -0.25) is 4.90 Å². The lowest BCUT2D eigenvalue weighted by Crippen LogP contribution is -2.34. The summed E-state index contributed by atoms with van der Waals surface area (Å²) in [6, 6.07) is 8.41. The predicted octanol–water partition coefficient (Wildman–Crippen LogP) is 4.11. The SMILES string of the molecule is ClCC(c1ccc(Cl)cc1)N1CCCCC1. The van der Waals surface area contributed by atoms with E-state index >= 15 is 0 Å². The van der Waals surface area contributed by atoms with E-state index in [-0.39, 0.29) is 0 Å². The van der Waals surface area contributed by atoms with Crippen molar-refractivity contribution in [3.8, 4) is 0 Å². The molecule has 1 unspecified atom stereocenters. The maximum Gasteiger partial charge on any atom is 0.0483 e. The van der Waals surface area contributed by atoms with Crippen molar-refractivity contribution >= 4 is 23.2 Å². The van der Waals surface area contributed by atoms with Crippen LogP contribution in [0.25, 0.3) is 0 Å². The summed E-state index contributed by atoms with van der Waals surface area (Å²) in [4.78, 5) is 2.49. The molecule has 2 rings (SSSR count). The molecule has 1 saturated heterocycles. The minimum Gasteiger partial charge on any atom is -0.295 e. The van der Waals surface area contributed by atoms with Gasteiger partial charge in [0.2, 0.25) is 0 Å². The summed E-state index contributed by atoms with van der Waals surface area (Å²) in [5.74, 6) is 0.654. The number of benzene rings is 1. The lowest BCUT2D eigenvalue weighted by atomic mass is 10.0. The van der Waals surface area contributed by atoms with E-state index in [4.69, 9.17) is 23.2 Å². The highest BCUT2D eigenvalue weighted by atomic mass is 35.5. The Kier molecular flexibility index (Phi) is 4.51. The average molecular weight is 258 g/mol. The molecular weight excluding hydrogens is 241 g/mol. The largest absolute Gasteiger partial charge is 0.295 e. The first-order valence-electron chi connectivity index (χ1n) is 5.87. The zero-order valence-electron chi connectivity index (χ0n) is 9.33. The lowest BCUT2D eigenvalue weighted by Gasteiger charge is -2.33. The molecule has 1 aromatic rings. The van der Waals surface area contributed by atoms with Crippen LogP contribution in [0.5, 0.6) is 0 Å². The molecule has 0 amide bonds. The van der Waals surface area contributed by atoms with Crippen LogP contribution in [-0.2, 0) is 0 Å². The third kappa shape index (κ3) is 2.91. The van der Waals surface area contributed by atoms with E-state index in [1.165, 1.54) is 37.9 Å². The Labute approximate surface area is 107 Å². The van der Waals surface area contributed by atoms with E-state index in [1.807, 2.05) is 12.1 Å². The quantitative estimate of drug-likeness (QED) is 0.737. The number of hydrogen-bond donors (Lipinski definition) is 0. The molecule has 16 heavy (non-hydrogen) atoms. The second-order valence-corrected chi connectivity index (χ2v) is 5.06. The first-order valence-corrected chi connectivity index (χ1v) is 6.78. The number of piperidine rings is 1. The van der Waals surface area contributed by atoms with E-state index in [2.05, 4.69) is 17.0 Å². The summed E-state index contributed by atoms with van der Waals surface area (Å²) >= 11 is 12.0. The highest BCUT2D eigenvalue weighted by Gasteiger charge is 2.21. The third-order valence-electron chi connectivity index (χ3n) is 3.23. The van der Waals surface area contributed by atoms with Crippen LogP contribution in [0.15, 0.2) is 24.3 Å². The fourth-order valence-corrected chi connectivity index (χ4v) is 2.81. The highest BCUT2D eigenvalue weighted by Crippen LogP contribution is 2.26. The topological polar surface area (TPSA) is 3.24 Å². The van der Waals surface area contributed by atoms with Crippen LogP contribution in [0, 0.1) is 0 Å². The average Bonchev–Trinajstić information content (AvgIpc) is 2.34. The Morgan fingerprint density at radius 3 is 2.25 bits per heavy atom. The molecule has 1 heterocycles. The summed E-state index contributed by atoms with van der Waals surface area (Å²) in [5, 5.41) is 0.788. The van der Waals surface area contributed by atoms with Crippen molar-refractivity contribution in [3.63, 3.8) is 0 Å². The zero-order chi connectivity index (χ0) is 11.4. The fraction of sp³-hybridized carbons (Fsp3) is 0.538. The number of rotatable bonds is 3. The van der Waals surface area contributed by atoms with Gasteiger partial charge in [-0.1, -0.05) is 30.2 Å². The van der Waals surface area contributed by atoms with Crippen molar-refractivity contribution in [2.24, 2.45) is 0 Å². The standard InChI is InChI=1S/C13H17Cl2N/c14-10-13(16-8-2-1-3-9-16)11-4-6-12(15)7-5-11/h4-7,13H,1-3,8-10H2. The molecule has 0 spiro atoms. The van der Waals surface area contributed by atoms with E-state index in [0.29, 0.717) is 11.9 Å². The van der Waals surface area contributed by atoms with Crippen molar-refractivity contribution < 1.29 is 0 Å². The van der Waals surface area contributed by atoms with Gasteiger partial charge >= 0.3 is 0 Å². The molecule has 0 N–H and O–H groups in total. The Morgan fingerprint density at radius 2 is 1.69 bits per heavy atom. The summed E-state index contributed by atoms with van der Waals surface area (Å²) < 4.78 is 0. The monoisotopic (exact) mass is 257 g/mol. The van der Waals surface area contributed by atoms with Crippen molar-refractivity contribution in [1.82, 2.24) is 4.90 Å². The van der Waals surface area contributed by atoms with Gasteiger partial charge < -0.3 is 0 Å². The van der Waals surface area contributed by atoms with Gasteiger partial charge in [0.15, 0.2) is 0 Å². The van der Waals surface area contributed by atoms with E-state index in [9.17, 15) is 0 Å². The molecule has 1 nitrogen and oxygen atoms in total. The van der Waals surface area contributed by atoms with E-state index < -0.39 is 0 Å². The van der Waals surface area contributed by atoms with Crippen LogP contribution in [0.2, 0.25) is 5.02 Å².